The summed E-state index contributed by atoms with van der Waals surface area (Å²) in [7, 11) is -4.12. The van der Waals surface area contributed by atoms with E-state index in [2.05, 4.69) is 35.6 Å². The number of hydrogen-bond donors (Lipinski definition) is 1. The number of esters is 1. The molecule has 3 rings (SSSR count). The molecule has 9 nitrogen and oxygen atoms in total. The summed E-state index contributed by atoms with van der Waals surface area (Å²) < 4.78 is 35.8. The highest BCUT2D eigenvalue weighted by atomic mass is 32.2. The summed E-state index contributed by atoms with van der Waals surface area (Å²) in [6.07, 6.45) is 0. The van der Waals surface area contributed by atoms with E-state index < -0.39 is 16.0 Å². The van der Waals surface area contributed by atoms with Gasteiger partial charge >= 0.3 is 5.97 Å². The fourth-order valence-corrected chi connectivity index (χ4v) is 6.17. The van der Waals surface area contributed by atoms with Gasteiger partial charge in [0, 0.05) is 49.8 Å². The molecule has 1 aliphatic heterocycles. The van der Waals surface area contributed by atoms with Gasteiger partial charge in [0.2, 0.25) is 15.9 Å². The molecule has 0 saturated carbocycles. The lowest BCUT2D eigenvalue weighted by Gasteiger charge is -2.37. The van der Waals surface area contributed by atoms with Gasteiger partial charge in [0.15, 0.2) is 0 Å². The number of aryl methyl sites for hydroxylation is 1. The van der Waals surface area contributed by atoms with Gasteiger partial charge in [0.05, 0.1) is 13.2 Å². The van der Waals surface area contributed by atoms with Gasteiger partial charge in [-0.3, -0.25) is 4.79 Å². The van der Waals surface area contributed by atoms with Crippen molar-refractivity contribution < 1.29 is 22.7 Å². The molecule has 0 radical (unpaired) electrons. The third-order valence-electron chi connectivity index (χ3n) is 6.75. The van der Waals surface area contributed by atoms with Crippen molar-refractivity contribution in [2.75, 3.05) is 44.2 Å². The third kappa shape index (κ3) is 5.38. The second-order valence-corrected chi connectivity index (χ2v) is 10.5. The maximum absolute atomic E-state index is 13.2. The Kier molecular flexibility index (Phi) is 8.27. The van der Waals surface area contributed by atoms with Gasteiger partial charge in [-0.15, -0.1) is 0 Å². The molecule has 1 fully saturated rings. The number of piperazine rings is 1. The number of amides is 1. The molecule has 1 saturated heterocycles. The van der Waals surface area contributed by atoms with Crippen LogP contribution in [0.1, 0.15) is 46.7 Å². The van der Waals surface area contributed by atoms with Crippen LogP contribution in [0, 0.1) is 27.7 Å². The number of benzene rings is 1. The molecule has 192 valence electrons. The molecule has 10 heteroatoms. The first-order valence-electron chi connectivity index (χ1n) is 12.0. The molecule has 0 atom stereocenters. The molecule has 2 aromatic rings. The highest BCUT2D eigenvalue weighted by Gasteiger charge is 2.33. The van der Waals surface area contributed by atoms with Crippen molar-refractivity contribution in [2.24, 2.45) is 0 Å². The zero-order valence-corrected chi connectivity index (χ0v) is 22.3. The van der Waals surface area contributed by atoms with E-state index in [-0.39, 0.29) is 29.5 Å². The quantitative estimate of drug-likeness (QED) is 0.555. The Balaban J connectivity index is 1.71. The van der Waals surface area contributed by atoms with Gasteiger partial charge in [-0.2, -0.15) is 0 Å². The Morgan fingerprint density at radius 2 is 1.66 bits per heavy atom. The number of nitrogens with one attached hydrogen (secondary N) is 1. The number of ether oxygens (including phenoxy) is 1. The normalized spacial score (nSPS) is 14.3. The Hall–Kier alpha value is -2.85. The summed E-state index contributed by atoms with van der Waals surface area (Å²) in [6.45, 7) is 13.7. The standard InChI is InChI=1S/C25H36N4O5S/c1-7-29-19(5)23(25(31)34-8-2)24(20(29)6)35(32,33)26-16-22(30)28-14-12-27(13-15-28)21-11-9-10-17(3)18(21)4/h9-11,26H,7-8,12-16H2,1-6H3. The predicted octanol–water partition coefficient (Wildman–Crippen LogP) is 2.55. The van der Waals surface area contributed by atoms with Gasteiger partial charge < -0.3 is 19.1 Å². The van der Waals surface area contributed by atoms with Crippen molar-refractivity contribution in [2.45, 2.75) is 53.0 Å². The average molecular weight is 505 g/mol. The van der Waals surface area contributed by atoms with Crippen LogP contribution in [0.3, 0.4) is 0 Å². The smallest absolute Gasteiger partial charge is 0.341 e. The van der Waals surface area contributed by atoms with Crippen LogP contribution in [0.15, 0.2) is 23.1 Å². The molecule has 35 heavy (non-hydrogen) atoms. The lowest BCUT2D eigenvalue weighted by atomic mass is 10.1. The van der Waals surface area contributed by atoms with Gasteiger partial charge in [-0.25, -0.2) is 17.9 Å². The number of nitrogens with zero attached hydrogens (tertiary/aromatic N) is 3. The number of anilines is 1. The van der Waals surface area contributed by atoms with Gasteiger partial charge in [-0.05, 0) is 58.7 Å². The molecular weight excluding hydrogens is 468 g/mol. The zero-order chi connectivity index (χ0) is 25.9. The molecule has 0 unspecified atom stereocenters. The minimum absolute atomic E-state index is 0.0216. The molecule has 0 spiro atoms. The number of carbonyl (C=O) groups excluding carboxylic acids is 2. The second kappa shape index (κ2) is 10.8. The third-order valence-corrected chi connectivity index (χ3v) is 8.32. The van der Waals surface area contributed by atoms with Crippen molar-refractivity contribution in [1.82, 2.24) is 14.2 Å². The summed E-state index contributed by atoms with van der Waals surface area (Å²) in [5.74, 6) is -0.981. The SMILES string of the molecule is CCOC(=O)c1c(S(=O)(=O)NCC(=O)N2CCN(c3cccc(C)c3C)CC2)c(C)n(CC)c1C. The van der Waals surface area contributed by atoms with Crippen LogP contribution in [-0.4, -0.2) is 69.1 Å². The topological polar surface area (TPSA) is 101 Å². The summed E-state index contributed by atoms with van der Waals surface area (Å²) in [6, 6.07) is 6.20. The maximum Gasteiger partial charge on any atom is 0.341 e. The number of carbonyl (C=O) groups is 2. The predicted molar refractivity (Wildman–Crippen MR) is 135 cm³/mol. The second-order valence-electron chi connectivity index (χ2n) is 8.75. The van der Waals surface area contributed by atoms with Gasteiger partial charge in [0.25, 0.3) is 0 Å². The van der Waals surface area contributed by atoms with Crippen LogP contribution in [0.2, 0.25) is 0 Å². The fraction of sp³-hybridized carbons (Fsp3) is 0.520. The van der Waals surface area contributed by atoms with Crippen LogP contribution >= 0.6 is 0 Å². The Bertz CT molecular complexity index is 1210. The molecule has 2 heterocycles. The molecule has 0 aliphatic carbocycles. The van der Waals surface area contributed by atoms with E-state index in [0.29, 0.717) is 44.1 Å². The van der Waals surface area contributed by atoms with E-state index in [1.165, 1.54) is 11.1 Å². The van der Waals surface area contributed by atoms with E-state index >= 15 is 0 Å². The molecule has 1 aromatic carbocycles. The van der Waals surface area contributed by atoms with E-state index in [9.17, 15) is 18.0 Å². The summed E-state index contributed by atoms with van der Waals surface area (Å²) >= 11 is 0. The van der Waals surface area contributed by atoms with Crippen molar-refractivity contribution in [3.05, 3.63) is 46.3 Å². The summed E-state index contributed by atoms with van der Waals surface area (Å²) in [5.41, 5.74) is 4.60. The monoisotopic (exact) mass is 504 g/mol. The number of hydrogen-bond acceptors (Lipinski definition) is 6. The molecule has 1 amide bonds. The van der Waals surface area contributed by atoms with E-state index in [1.807, 2.05) is 13.0 Å². The Morgan fingerprint density at radius 3 is 2.26 bits per heavy atom. The minimum Gasteiger partial charge on any atom is -0.462 e. The number of rotatable bonds is 8. The first kappa shape index (κ1) is 26.7. The molecule has 1 aromatic heterocycles. The average Bonchev–Trinajstić information content (AvgIpc) is 3.09. The largest absolute Gasteiger partial charge is 0.462 e. The van der Waals surface area contributed by atoms with Gasteiger partial charge in [0.1, 0.15) is 10.5 Å². The fourth-order valence-electron chi connectivity index (χ4n) is 4.72. The van der Waals surface area contributed by atoms with Crippen molar-refractivity contribution in [1.29, 1.82) is 0 Å². The van der Waals surface area contributed by atoms with Crippen molar-refractivity contribution in [3.8, 4) is 0 Å². The Morgan fingerprint density at radius 1 is 1.00 bits per heavy atom. The highest BCUT2D eigenvalue weighted by Crippen LogP contribution is 2.28. The molecular formula is C25H36N4O5S. The van der Waals surface area contributed by atoms with Crippen LogP contribution < -0.4 is 9.62 Å². The van der Waals surface area contributed by atoms with E-state index in [4.69, 9.17) is 4.74 Å². The first-order valence-corrected chi connectivity index (χ1v) is 13.5. The minimum atomic E-state index is -4.12. The lowest BCUT2D eigenvalue weighted by molar-refractivity contribution is -0.130. The maximum atomic E-state index is 13.2. The highest BCUT2D eigenvalue weighted by molar-refractivity contribution is 7.89. The Labute approximate surface area is 208 Å². The molecule has 0 bridgehead atoms. The van der Waals surface area contributed by atoms with E-state index in [0.717, 1.165) is 5.69 Å². The first-order chi connectivity index (χ1) is 16.5. The van der Waals surface area contributed by atoms with Crippen molar-refractivity contribution >= 4 is 27.6 Å². The number of sulfonamides is 1. The van der Waals surface area contributed by atoms with Crippen LogP contribution in [0.4, 0.5) is 5.69 Å². The number of aromatic nitrogens is 1. The van der Waals surface area contributed by atoms with Crippen LogP contribution in [-0.2, 0) is 26.1 Å². The lowest BCUT2D eigenvalue weighted by Crippen LogP contribution is -2.51. The van der Waals surface area contributed by atoms with E-state index in [1.54, 1.807) is 30.2 Å². The van der Waals surface area contributed by atoms with Crippen LogP contribution in [0.5, 0.6) is 0 Å². The summed E-state index contributed by atoms with van der Waals surface area (Å²) in [4.78, 5) is 29.2. The zero-order valence-electron chi connectivity index (χ0n) is 21.5. The van der Waals surface area contributed by atoms with Gasteiger partial charge in [-0.1, -0.05) is 12.1 Å². The molecule has 1 aliphatic rings. The van der Waals surface area contributed by atoms with Crippen molar-refractivity contribution in [3.63, 3.8) is 0 Å². The summed E-state index contributed by atoms with van der Waals surface area (Å²) in [5, 5.41) is 0. The van der Waals surface area contributed by atoms with Crippen LogP contribution in [0.25, 0.3) is 0 Å². The molecule has 1 N–H and O–H groups in total.